The SMILES string of the molecule is NS(=O)(=O)C1CCC(C2CCCCCC2)NC1. The Labute approximate surface area is 104 Å². The summed E-state index contributed by atoms with van der Waals surface area (Å²) in [7, 11) is -3.35. The van der Waals surface area contributed by atoms with Gasteiger partial charge in [0.25, 0.3) is 0 Å². The molecule has 1 heterocycles. The molecule has 2 unspecified atom stereocenters. The van der Waals surface area contributed by atoms with Gasteiger partial charge in [0.1, 0.15) is 0 Å². The molecule has 0 spiro atoms. The Bertz CT molecular complexity index is 326. The number of primary sulfonamides is 1. The predicted octanol–water partition coefficient (Wildman–Crippen LogP) is 1.37. The molecule has 1 aliphatic carbocycles. The fourth-order valence-corrected chi connectivity index (χ4v) is 4.04. The van der Waals surface area contributed by atoms with Gasteiger partial charge in [-0.3, -0.25) is 0 Å². The molecule has 0 aromatic carbocycles. The van der Waals surface area contributed by atoms with E-state index in [1.807, 2.05) is 0 Å². The Morgan fingerprint density at radius 1 is 0.941 bits per heavy atom. The molecule has 2 fully saturated rings. The zero-order valence-corrected chi connectivity index (χ0v) is 11.2. The highest BCUT2D eigenvalue weighted by atomic mass is 32.2. The van der Waals surface area contributed by atoms with E-state index in [1.54, 1.807) is 0 Å². The van der Waals surface area contributed by atoms with Gasteiger partial charge in [-0.15, -0.1) is 0 Å². The average molecular weight is 260 g/mol. The first-order valence-electron chi connectivity index (χ1n) is 6.82. The largest absolute Gasteiger partial charge is 0.312 e. The molecule has 1 aliphatic heterocycles. The van der Waals surface area contributed by atoms with Gasteiger partial charge < -0.3 is 5.32 Å². The molecule has 2 atom stereocenters. The van der Waals surface area contributed by atoms with Gasteiger partial charge in [0.05, 0.1) is 5.25 Å². The van der Waals surface area contributed by atoms with E-state index in [0.717, 1.165) is 18.8 Å². The number of hydrogen-bond donors (Lipinski definition) is 2. The molecule has 17 heavy (non-hydrogen) atoms. The minimum atomic E-state index is -3.35. The van der Waals surface area contributed by atoms with E-state index in [9.17, 15) is 8.42 Å². The van der Waals surface area contributed by atoms with Crippen molar-refractivity contribution >= 4 is 10.0 Å². The molecule has 0 amide bonds. The van der Waals surface area contributed by atoms with Crippen molar-refractivity contribution in [1.29, 1.82) is 0 Å². The number of nitrogens with two attached hydrogens (primary N) is 1. The standard InChI is InChI=1S/C12H24N2O2S/c13-17(15,16)11-7-8-12(14-9-11)10-5-3-1-2-4-6-10/h10-12,14H,1-9H2,(H2,13,15,16). The lowest BCUT2D eigenvalue weighted by atomic mass is 9.87. The van der Waals surface area contributed by atoms with Gasteiger partial charge in [0, 0.05) is 12.6 Å². The molecule has 100 valence electrons. The molecule has 2 aliphatic rings. The predicted molar refractivity (Wildman–Crippen MR) is 69.1 cm³/mol. The first-order valence-corrected chi connectivity index (χ1v) is 8.43. The third-order valence-electron chi connectivity index (χ3n) is 4.34. The van der Waals surface area contributed by atoms with Gasteiger partial charge in [0.15, 0.2) is 0 Å². The van der Waals surface area contributed by atoms with Crippen molar-refractivity contribution in [2.24, 2.45) is 11.1 Å². The second kappa shape index (κ2) is 5.67. The van der Waals surface area contributed by atoms with Crippen LogP contribution < -0.4 is 10.5 Å². The van der Waals surface area contributed by atoms with Crippen molar-refractivity contribution in [2.75, 3.05) is 6.54 Å². The number of piperidine rings is 1. The molecule has 1 saturated heterocycles. The van der Waals surface area contributed by atoms with E-state index in [2.05, 4.69) is 5.32 Å². The molecule has 2 rings (SSSR count). The number of rotatable bonds is 2. The minimum absolute atomic E-state index is 0.371. The fourth-order valence-electron chi connectivity index (χ4n) is 3.25. The summed E-state index contributed by atoms with van der Waals surface area (Å²) >= 11 is 0. The quantitative estimate of drug-likeness (QED) is 0.736. The Morgan fingerprint density at radius 3 is 2.06 bits per heavy atom. The summed E-state index contributed by atoms with van der Waals surface area (Å²) in [6.45, 7) is 0.542. The molecule has 0 bridgehead atoms. The van der Waals surface area contributed by atoms with Gasteiger partial charge in [-0.1, -0.05) is 25.7 Å². The molecule has 0 radical (unpaired) electrons. The highest BCUT2D eigenvalue weighted by Gasteiger charge is 2.31. The van der Waals surface area contributed by atoms with Crippen LogP contribution in [0.5, 0.6) is 0 Å². The smallest absolute Gasteiger partial charge is 0.213 e. The third-order valence-corrected chi connectivity index (χ3v) is 5.67. The van der Waals surface area contributed by atoms with Crippen molar-refractivity contribution in [1.82, 2.24) is 5.32 Å². The van der Waals surface area contributed by atoms with Crippen molar-refractivity contribution in [2.45, 2.75) is 62.7 Å². The number of hydrogen-bond acceptors (Lipinski definition) is 3. The van der Waals surface area contributed by atoms with Crippen LogP contribution >= 0.6 is 0 Å². The molecular formula is C12H24N2O2S. The third kappa shape index (κ3) is 3.66. The summed E-state index contributed by atoms with van der Waals surface area (Å²) in [6.07, 6.45) is 9.70. The summed E-state index contributed by atoms with van der Waals surface area (Å²) < 4.78 is 22.5. The Hall–Kier alpha value is -0.130. The van der Waals surface area contributed by atoms with E-state index in [1.165, 1.54) is 38.5 Å². The summed E-state index contributed by atoms with van der Waals surface area (Å²) in [4.78, 5) is 0. The van der Waals surface area contributed by atoms with Crippen LogP contribution in [0.15, 0.2) is 0 Å². The lowest BCUT2D eigenvalue weighted by Crippen LogP contribution is -2.49. The van der Waals surface area contributed by atoms with Crippen molar-refractivity contribution in [3.63, 3.8) is 0 Å². The van der Waals surface area contributed by atoms with Crippen molar-refractivity contribution < 1.29 is 8.42 Å². The lowest BCUT2D eigenvalue weighted by Gasteiger charge is -2.33. The second-order valence-electron chi connectivity index (χ2n) is 5.55. The summed E-state index contributed by atoms with van der Waals surface area (Å²) in [6, 6.07) is 0.520. The van der Waals surface area contributed by atoms with Gasteiger partial charge in [-0.05, 0) is 31.6 Å². The maximum atomic E-state index is 11.3. The zero-order chi connectivity index (χ0) is 12.3. The molecule has 4 nitrogen and oxygen atoms in total. The molecule has 5 heteroatoms. The molecular weight excluding hydrogens is 236 g/mol. The molecule has 1 saturated carbocycles. The van der Waals surface area contributed by atoms with Gasteiger partial charge >= 0.3 is 0 Å². The molecule has 0 aromatic rings. The second-order valence-corrected chi connectivity index (χ2v) is 7.40. The number of sulfonamides is 1. The monoisotopic (exact) mass is 260 g/mol. The van der Waals surface area contributed by atoms with E-state index in [4.69, 9.17) is 5.14 Å². The van der Waals surface area contributed by atoms with Gasteiger partial charge in [-0.25, -0.2) is 13.6 Å². The Kier molecular flexibility index (Phi) is 4.44. The van der Waals surface area contributed by atoms with E-state index >= 15 is 0 Å². The van der Waals surface area contributed by atoms with Crippen LogP contribution in [0, 0.1) is 5.92 Å². The Morgan fingerprint density at radius 2 is 1.59 bits per heavy atom. The van der Waals surface area contributed by atoms with Crippen LogP contribution in [0.2, 0.25) is 0 Å². The topological polar surface area (TPSA) is 72.2 Å². The van der Waals surface area contributed by atoms with Crippen LogP contribution in [0.3, 0.4) is 0 Å². The van der Waals surface area contributed by atoms with Gasteiger partial charge in [0.2, 0.25) is 10.0 Å². The van der Waals surface area contributed by atoms with Gasteiger partial charge in [-0.2, -0.15) is 0 Å². The minimum Gasteiger partial charge on any atom is -0.312 e. The van der Waals surface area contributed by atoms with Crippen LogP contribution in [-0.2, 0) is 10.0 Å². The van der Waals surface area contributed by atoms with Crippen molar-refractivity contribution in [3.05, 3.63) is 0 Å². The normalized spacial score (nSPS) is 33.2. The van der Waals surface area contributed by atoms with Crippen LogP contribution in [-0.4, -0.2) is 26.3 Å². The zero-order valence-electron chi connectivity index (χ0n) is 10.4. The van der Waals surface area contributed by atoms with E-state index in [0.29, 0.717) is 12.6 Å². The van der Waals surface area contributed by atoms with Crippen molar-refractivity contribution in [3.8, 4) is 0 Å². The number of nitrogens with one attached hydrogen (secondary N) is 1. The molecule has 0 aromatic heterocycles. The first kappa shape index (κ1) is 13.3. The van der Waals surface area contributed by atoms with Crippen LogP contribution in [0.4, 0.5) is 0 Å². The maximum absolute atomic E-state index is 11.3. The van der Waals surface area contributed by atoms with E-state index < -0.39 is 10.0 Å². The summed E-state index contributed by atoms with van der Waals surface area (Å²) in [5.41, 5.74) is 0. The first-order chi connectivity index (χ1) is 8.07. The van der Waals surface area contributed by atoms with Crippen LogP contribution in [0.25, 0.3) is 0 Å². The maximum Gasteiger partial charge on any atom is 0.213 e. The van der Waals surface area contributed by atoms with E-state index in [-0.39, 0.29) is 5.25 Å². The average Bonchev–Trinajstić information content (AvgIpc) is 2.56. The highest BCUT2D eigenvalue weighted by molar-refractivity contribution is 7.89. The van der Waals surface area contributed by atoms with Crippen LogP contribution in [0.1, 0.15) is 51.4 Å². The Balaban J connectivity index is 1.85. The fraction of sp³-hybridized carbons (Fsp3) is 1.00. The molecule has 3 N–H and O–H groups in total. The summed E-state index contributed by atoms with van der Waals surface area (Å²) in [5.74, 6) is 0.749. The lowest BCUT2D eigenvalue weighted by molar-refractivity contribution is 0.271. The summed E-state index contributed by atoms with van der Waals surface area (Å²) in [5, 5.41) is 8.23. The highest BCUT2D eigenvalue weighted by Crippen LogP contribution is 2.29.